The number of likely N-dealkylation sites (N-methyl/N-ethyl adjacent to an activating group) is 1. The maximum atomic E-state index is 14.6. The van der Waals surface area contributed by atoms with E-state index in [0.29, 0.717) is 54.2 Å². The molecule has 0 aromatic heterocycles. The van der Waals surface area contributed by atoms with E-state index in [1.165, 1.54) is 0 Å². The second-order valence-corrected chi connectivity index (χ2v) is 21.1. The van der Waals surface area contributed by atoms with Gasteiger partial charge in [0.15, 0.2) is 5.71 Å². The summed E-state index contributed by atoms with van der Waals surface area (Å²) < 4.78 is 119. The highest BCUT2D eigenvalue weighted by Crippen LogP contribution is 2.52. The largest absolute Gasteiger partial charge is 0.772 e. The van der Waals surface area contributed by atoms with Crippen molar-refractivity contribution >= 4 is 83.8 Å². The summed E-state index contributed by atoms with van der Waals surface area (Å²) in [5.74, 6) is -0.231. The van der Waals surface area contributed by atoms with Gasteiger partial charge in [-0.1, -0.05) is 121 Å². The standard InChI is InChI=1S/C51H54F3N3O6S3/c1-7-8-18-37-34(2)22-26-44-47(37)35(3)43(56(44)30-13-15-32-64(58)59)28-24-41-39-20-11-12-21-40(39)42(49(41)55(6)66(62,63)51(52,53)54)25-29-46-50(4,5)48-38-19-10-9-17-36(38)23-27-45(48)57(46)31-14-16-33-65(60)61/h7-12,17-29,35H,2,13-16,30-33H2,1,3-6H3,(H-,58,59,60,61)/p-1/b8-7-,37-18+. The van der Waals surface area contributed by atoms with Crippen LogP contribution in [-0.4, -0.2) is 77.7 Å². The van der Waals surface area contributed by atoms with Crippen LogP contribution in [0.4, 0.5) is 24.5 Å². The molecule has 0 bridgehead atoms. The van der Waals surface area contributed by atoms with Gasteiger partial charge in [0.25, 0.3) is 0 Å². The maximum absolute atomic E-state index is 14.6. The molecule has 0 saturated heterocycles. The van der Waals surface area contributed by atoms with Gasteiger partial charge in [-0.15, -0.1) is 0 Å². The van der Waals surface area contributed by atoms with Crippen LogP contribution in [0, 0.1) is 0 Å². The van der Waals surface area contributed by atoms with Crippen molar-refractivity contribution in [2.45, 2.75) is 70.2 Å². The summed E-state index contributed by atoms with van der Waals surface area (Å²) in [6, 6.07) is 23.0. The average molecular weight is 957 g/mol. The normalized spacial score (nSPS) is 19.6. The van der Waals surface area contributed by atoms with E-state index in [0.717, 1.165) is 62.2 Å². The lowest BCUT2D eigenvalue weighted by atomic mass is 9.81. The molecule has 348 valence electrons. The predicted molar refractivity (Wildman–Crippen MR) is 260 cm³/mol. The molecule has 3 atom stereocenters. The molecule has 0 N–H and O–H groups in total. The Morgan fingerprint density at radius 2 is 1.55 bits per heavy atom. The lowest BCUT2D eigenvalue weighted by molar-refractivity contribution is -0.437. The monoisotopic (exact) mass is 956 g/mol. The molecule has 0 amide bonds. The molecule has 0 saturated carbocycles. The third-order valence-corrected chi connectivity index (χ3v) is 15.5. The van der Waals surface area contributed by atoms with Crippen LogP contribution < -0.4 is 15.3 Å². The van der Waals surface area contributed by atoms with Gasteiger partial charge in [0.2, 0.25) is 5.69 Å². The number of anilines is 1. The molecule has 2 aliphatic heterocycles. The summed E-state index contributed by atoms with van der Waals surface area (Å²) in [5, 5.41) is 3.80. The Hall–Kier alpha value is -5.19. The molecule has 7 rings (SSSR count). The molecule has 3 aliphatic rings. The number of hydrogen-bond donors (Lipinski definition) is 0. The number of benzene rings is 4. The minimum Gasteiger partial charge on any atom is -0.772 e. The van der Waals surface area contributed by atoms with E-state index >= 15 is 0 Å². The summed E-state index contributed by atoms with van der Waals surface area (Å²) in [7, 11) is -4.98. The number of nitrogens with zero attached hydrogens (tertiary/aromatic N) is 3. The molecule has 0 radical (unpaired) electrons. The summed E-state index contributed by atoms with van der Waals surface area (Å²) in [4.78, 5) is 2.13. The van der Waals surface area contributed by atoms with Crippen LogP contribution in [-0.2, 0) is 37.6 Å². The first-order valence-electron chi connectivity index (χ1n) is 21.8. The molecule has 66 heavy (non-hydrogen) atoms. The first-order chi connectivity index (χ1) is 31.3. The highest BCUT2D eigenvalue weighted by Gasteiger charge is 2.51. The fourth-order valence-electron chi connectivity index (χ4n) is 9.65. The van der Waals surface area contributed by atoms with E-state index in [9.17, 15) is 39.1 Å². The van der Waals surface area contributed by atoms with Crippen LogP contribution in [0.5, 0.6) is 0 Å². The van der Waals surface area contributed by atoms with Gasteiger partial charge in [-0.05, 0) is 95.3 Å². The van der Waals surface area contributed by atoms with Crippen LogP contribution in [0.3, 0.4) is 0 Å². The molecule has 4 aromatic carbocycles. The SMILES string of the molecule is C=c1ccc2c(/c1=C/C=C\C)C(C)C(/C=C/C1=C(N(C)S(=O)(=O)C(F)(F)F)C(=C/C=C3/N(CCCCS(=O)[O-])c4ccc5ccccc5c4C3(C)C)/c3ccccc31)=[N+]2CCCCS(=O)[O-]. The van der Waals surface area contributed by atoms with E-state index in [1.54, 1.807) is 36.4 Å². The zero-order valence-corrected chi connectivity index (χ0v) is 40.0. The van der Waals surface area contributed by atoms with Crippen LogP contribution in [0.25, 0.3) is 34.6 Å². The van der Waals surface area contributed by atoms with E-state index in [-0.39, 0.29) is 34.3 Å². The van der Waals surface area contributed by atoms with Crippen molar-refractivity contribution in [3.05, 3.63) is 153 Å². The highest BCUT2D eigenvalue weighted by atomic mass is 32.2. The molecule has 9 nitrogen and oxygen atoms in total. The molecule has 1 aliphatic carbocycles. The van der Waals surface area contributed by atoms with E-state index in [4.69, 9.17) is 0 Å². The second kappa shape index (κ2) is 19.6. The van der Waals surface area contributed by atoms with Gasteiger partial charge in [0.1, 0.15) is 6.54 Å². The van der Waals surface area contributed by atoms with Crippen molar-refractivity contribution in [2.24, 2.45) is 0 Å². The van der Waals surface area contributed by atoms with Gasteiger partial charge in [0.05, 0.1) is 11.6 Å². The Morgan fingerprint density at radius 1 is 0.879 bits per heavy atom. The Kier molecular flexibility index (Phi) is 14.5. The Balaban J connectivity index is 1.44. The Morgan fingerprint density at radius 3 is 2.23 bits per heavy atom. The van der Waals surface area contributed by atoms with Gasteiger partial charge in [-0.3, -0.25) is 12.7 Å². The van der Waals surface area contributed by atoms with Gasteiger partial charge in [0, 0.05) is 77.2 Å². The van der Waals surface area contributed by atoms with Crippen molar-refractivity contribution in [3.8, 4) is 0 Å². The smallest absolute Gasteiger partial charge is 0.516 e. The minimum atomic E-state index is -5.91. The van der Waals surface area contributed by atoms with Gasteiger partial charge < -0.3 is 14.0 Å². The Bertz CT molecular complexity index is 3060. The number of hydrogen-bond acceptors (Lipinski definition) is 7. The number of unbranched alkanes of at least 4 members (excludes halogenated alkanes) is 2. The summed E-state index contributed by atoms with van der Waals surface area (Å²) in [6.07, 6.45) is 14.8. The molecular formula is C51H53F3N3O6S3-. The fraction of sp³-hybridized carbons (Fsp3) is 0.314. The fourth-order valence-corrected chi connectivity index (χ4v) is 11.3. The summed E-state index contributed by atoms with van der Waals surface area (Å²) >= 11 is -4.41. The molecule has 2 heterocycles. The van der Waals surface area contributed by atoms with Crippen molar-refractivity contribution in [3.63, 3.8) is 0 Å². The van der Waals surface area contributed by atoms with Gasteiger partial charge in [-0.2, -0.15) is 26.2 Å². The second-order valence-electron chi connectivity index (χ2n) is 17.1. The zero-order chi connectivity index (χ0) is 47.7. The van der Waals surface area contributed by atoms with Crippen molar-refractivity contribution in [1.29, 1.82) is 0 Å². The lowest BCUT2D eigenvalue weighted by Crippen LogP contribution is -2.37. The molecule has 3 unspecified atom stereocenters. The zero-order valence-electron chi connectivity index (χ0n) is 37.6. The predicted octanol–water partition coefficient (Wildman–Crippen LogP) is 8.96. The minimum absolute atomic E-state index is 0.000933. The first kappa shape index (κ1) is 48.7. The number of allylic oxidation sites excluding steroid dienone is 9. The van der Waals surface area contributed by atoms with Crippen LogP contribution in [0.2, 0.25) is 0 Å². The number of halogens is 3. The Labute approximate surface area is 390 Å². The quantitative estimate of drug-likeness (QED) is 0.0625. The van der Waals surface area contributed by atoms with Crippen molar-refractivity contribution < 1.29 is 43.7 Å². The third kappa shape index (κ3) is 9.24. The summed E-state index contributed by atoms with van der Waals surface area (Å²) in [6.45, 7) is 13.3. The van der Waals surface area contributed by atoms with Crippen molar-refractivity contribution in [2.75, 3.05) is 36.5 Å². The van der Waals surface area contributed by atoms with Crippen LogP contribution >= 0.6 is 0 Å². The maximum Gasteiger partial charge on any atom is 0.516 e. The molecule has 0 fully saturated rings. The molecule has 4 aromatic rings. The number of fused-ring (bicyclic) bond motifs is 5. The van der Waals surface area contributed by atoms with Crippen molar-refractivity contribution in [1.82, 2.24) is 4.31 Å². The number of sulfonamides is 1. The topological polar surface area (TPSA) is 124 Å². The summed E-state index contributed by atoms with van der Waals surface area (Å²) in [5.41, 5.74) is 0.692. The third-order valence-electron chi connectivity index (χ3n) is 12.7. The average Bonchev–Trinajstić information content (AvgIpc) is 3.81. The number of rotatable bonds is 16. The molecular weight excluding hydrogens is 904 g/mol. The van der Waals surface area contributed by atoms with E-state index in [1.807, 2.05) is 86.7 Å². The van der Waals surface area contributed by atoms with Gasteiger partial charge >= 0.3 is 15.5 Å². The highest BCUT2D eigenvalue weighted by molar-refractivity contribution is 7.90. The van der Waals surface area contributed by atoms with Crippen LogP contribution in [0.15, 0.2) is 121 Å². The lowest BCUT2D eigenvalue weighted by Gasteiger charge is -2.28. The van der Waals surface area contributed by atoms with Gasteiger partial charge in [-0.25, -0.2) is 0 Å². The first-order valence-corrected chi connectivity index (χ1v) is 25.7. The van der Waals surface area contributed by atoms with E-state index < -0.39 is 43.1 Å². The number of alkyl halides is 3. The molecule has 0 spiro atoms. The molecule has 15 heteroatoms. The van der Waals surface area contributed by atoms with Crippen LogP contribution in [0.1, 0.15) is 81.5 Å². The van der Waals surface area contributed by atoms with E-state index in [2.05, 4.69) is 36.0 Å².